The third-order valence-corrected chi connectivity index (χ3v) is 7.74. The van der Waals surface area contributed by atoms with Gasteiger partial charge in [0.1, 0.15) is 5.75 Å². The van der Waals surface area contributed by atoms with Gasteiger partial charge >= 0.3 is 0 Å². The largest absolute Gasteiger partial charge is 0.496 e. The fourth-order valence-corrected chi connectivity index (χ4v) is 5.29. The first-order valence-electron chi connectivity index (χ1n) is 9.97. The van der Waals surface area contributed by atoms with E-state index in [0.717, 1.165) is 18.4 Å². The van der Waals surface area contributed by atoms with Crippen molar-refractivity contribution in [3.05, 3.63) is 58.6 Å². The SMILES string of the molecule is COc1ccccc1[C@@H](C)NC(=O)c1cc(S(=O)(=O)N2CCC(C)CC2)ccc1Cl. The van der Waals surface area contributed by atoms with Crippen molar-refractivity contribution in [1.29, 1.82) is 0 Å². The molecule has 1 heterocycles. The number of piperidine rings is 1. The smallest absolute Gasteiger partial charge is 0.253 e. The second-order valence-electron chi connectivity index (χ2n) is 7.67. The van der Waals surface area contributed by atoms with Crippen molar-refractivity contribution >= 4 is 27.5 Å². The molecule has 6 nitrogen and oxygen atoms in total. The normalized spacial score (nSPS) is 16.8. The summed E-state index contributed by atoms with van der Waals surface area (Å²) < 4.78 is 32.9. The quantitative estimate of drug-likeness (QED) is 0.713. The number of benzene rings is 2. The molecule has 0 bridgehead atoms. The van der Waals surface area contributed by atoms with Crippen molar-refractivity contribution in [2.75, 3.05) is 20.2 Å². The molecule has 2 aromatic carbocycles. The number of methoxy groups -OCH3 is 1. The molecule has 8 heteroatoms. The van der Waals surface area contributed by atoms with E-state index in [1.807, 2.05) is 31.2 Å². The number of hydrogen-bond donors (Lipinski definition) is 1. The van der Waals surface area contributed by atoms with Gasteiger partial charge in [-0.25, -0.2) is 8.42 Å². The summed E-state index contributed by atoms with van der Waals surface area (Å²) in [5, 5.41) is 3.08. The van der Waals surface area contributed by atoms with E-state index in [1.165, 1.54) is 22.5 Å². The molecule has 1 aliphatic rings. The number of halogens is 1. The Labute approximate surface area is 183 Å². The minimum absolute atomic E-state index is 0.0801. The first-order valence-corrected chi connectivity index (χ1v) is 11.8. The highest BCUT2D eigenvalue weighted by atomic mass is 35.5. The Morgan fingerprint density at radius 1 is 1.20 bits per heavy atom. The minimum atomic E-state index is -3.67. The van der Waals surface area contributed by atoms with Crippen LogP contribution in [0.4, 0.5) is 0 Å². The summed E-state index contributed by atoms with van der Waals surface area (Å²) in [7, 11) is -2.11. The number of para-hydroxylation sites is 1. The Bertz CT molecular complexity index is 1020. The highest BCUT2D eigenvalue weighted by Crippen LogP contribution is 2.28. The average Bonchev–Trinajstić information content (AvgIpc) is 2.74. The molecule has 0 aliphatic carbocycles. The zero-order valence-electron chi connectivity index (χ0n) is 17.4. The molecule has 1 amide bonds. The molecule has 30 heavy (non-hydrogen) atoms. The molecule has 3 rings (SSSR count). The van der Waals surface area contributed by atoms with E-state index in [9.17, 15) is 13.2 Å². The Balaban J connectivity index is 1.83. The Morgan fingerprint density at radius 2 is 1.87 bits per heavy atom. The van der Waals surface area contributed by atoms with E-state index in [-0.39, 0.29) is 21.5 Å². The van der Waals surface area contributed by atoms with Crippen LogP contribution in [-0.4, -0.2) is 38.8 Å². The third kappa shape index (κ3) is 4.79. The van der Waals surface area contributed by atoms with Crippen LogP contribution in [0.5, 0.6) is 5.75 Å². The molecule has 0 aromatic heterocycles. The number of sulfonamides is 1. The highest BCUT2D eigenvalue weighted by Gasteiger charge is 2.29. The van der Waals surface area contributed by atoms with Crippen LogP contribution >= 0.6 is 11.6 Å². The number of carbonyl (C=O) groups is 1. The Hall–Kier alpha value is -2.09. The Kier molecular flexibility index (Phi) is 7.06. The van der Waals surface area contributed by atoms with Crippen LogP contribution in [-0.2, 0) is 10.0 Å². The molecular formula is C22H27ClN2O4S. The summed E-state index contributed by atoms with van der Waals surface area (Å²) in [4.78, 5) is 13.0. The van der Waals surface area contributed by atoms with Gasteiger partial charge in [-0.3, -0.25) is 4.79 Å². The maximum absolute atomic E-state index is 13.0. The number of amides is 1. The highest BCUT2D eigenvalue weighted by molar-refractivity contribution is 7.89. The second-order valence-corrected chi connectivity index (χ2v) is 10.0. The summed E-state index contributed by atoms with van der Waals surface area (Å²) in [6, 6.07) is 11.3. The third-order valence-electron chi connectivity index (χ3n) is 5.52. The number of carbonyl (C=O) groups excluding carboxylic acids is 1. The Morgan fingerprint density at radius 3 is 2.53 bits per heavy atom. The van der Waals surface area contributed by atoms with Crippen LogP contribution in [0, 0.1) is 5.92 Å². The zero-order chi connectivity index (χ0) is 21.9. The van der Waals surface area contributed by atoms with Crippen molar-refractivity contribution in [3.63, 3.8) is 0 Å². The molecule has 1 N–H and O–H groups in total. The lowest BCUT2D eigenvalue weighted by Crippen LogP contribution is -2.38. The standard InChI is InChI=1S/C22H27ClN2O4S/c1-15-10-12-25(13-11-15)30(27,28)17-8-9-20(23)19(14-17)22(26)24-16(2)18-6-4-5-7-21(18)29-3/h4-9,14-16H,10-13H2,1-3H3,(H,24,26)/t16-/m1/s1. The molecule has 0 unspecified atom stereocenters. The van der Waals surface area contributed by atoms with Crippen LogP contribution < -0.4 is 10.1 Å². The van der Waals surface area contributed by atoms with Gasteiger partial charge in [-0.1, -0.05) is 36.7 Å². The van der Waals surface area contributed by atoms with Crippen LogP contribution in [0.1, 0.15) is 48.7 Å². The first-order chi connectivity index (χ1) is 14.2. The lowest BCUT2D eigenvalue weighted by molar-refractivity contribution is 0.0939. The first kappa shape index (κ1) is 22.6. The molecule has 1 saturated heterocycles. The molecule has 2 aromatic rings. The maximum atomic E-state index is 13.0. The predicted molar refractivity (Wildman–Crippen MR) is 117 cm³/mol. The summed E-state index contributed by atoms with van der Waals surface area (Å²) in [5.41, 5.74) is 0.945. The number of rotatable bonds is 6. The molecule has 1 fully saturated rings. The molecule has 1 aliphatic heterocycles. The molecule has 0 radical (unpaired) electrons. The predicted octanol–water partition coefficient (Wildman–Crippen LogP) is 4.26. The summed E-state index contributed by atoms with van der Waals surface area (Å²) in [6.07, 6.45) is 1.66. The van der Waals surface area contributed by atoms with Gasteiger partial charge in [-0.15, -0.1) is 0 Å². The van der Waals surface area contributed by atoms with Gasteiger partial charge in [0.05, 0.1) is 28.6 Å². The lowest BCUT2D eigenvalue weighted by atomic mass is 10.0. The summed E-state index contributed by atoms with van der Waals surface area (Å²) in [5.74, 6) is 0.731. The molecule has 0 spiro atoms. The fourth-order valence-electron chi connectivity index (χ4n) is 3.59. The minimum Gasteiger partial charge on any atom is -0.496 e. The topological polar surface area (TPSA) is 75.7 Å². The van der Waals surface area contributed by atoms with Gasteiger partial charge in [0, 0.05) is 18.7 Å². The number of ether oxygens (including phenoxy) is 1. The zero-order valence-corrected chi connectivity index (χ0v) is 19.0. The van der Waals surface area contributed by atoms with Crippen molar-refractivity contribution < 1.29 is 17.9 Å². The van der Waals surface area contributed by atoms with Crippen molar-refractivity contribution in [2.24, 2.45) is 5.92 Å². The van der Waals surface area contributed by atoms with Crippen LogP contribution in [0.3, 0.4) is 0 Å². The lowest BCUT2D eigenvalue weighted by Gasteiger charge is -2.29. The van der Waals surface area contributed by atoms with E-state index < -0.39 is 15.9 Å². The van der Waals surface area contributed by atoms with Gasteiger partial charge in [0.15, 0.2) is 0 Å². The van der Waals surface area contributed by atoms with E-state index in [1.54, 1.807) is 7.11 Å². The van der Waals surface area contributed by atoms with Gasteiger partial charge in [0.25, 0.3) is 5.91 Å². The van der Waals surface area contributed by atoms with Crippen LogP contribution in [0.15, 0.2) is 47.4 Å². The average molecular weight is 451 g/mol. The summed E-state index contributed by atoms with van der Waals surface area (Å²) >= 11 is 6.24. The summed E-state index contributed by atoms with van der Waals surface area (Å²) in [6.45, 7) is 4.92. The van der Waals surface area contributed by atoms with Gasteiger partial charge in [-0.2, -0.15) is 4.31 Å². The van der Waals surface area contributed by atoms with Gasteiger partial charge in [0.2, 0.25) is 10.0 Å². The van der Waals surface area contributed by atoms with Crippen LogP contribution in [0.2, 0.25) is 5.02 Å². The van der Waals surface area contributed by atoms with E-state index in [2.05, 4.69) is 12.2 Å². The number of nitrogens with one attached hydrogen (secondary N) is 1. The van der Waals surface area contributed by atoms with E-state index >= 15 is 0 Å². The monoisotopic (exact) mass is 450 g/mol. The van der Waals surface area contributed by atoms with Crippen molar-refractivity contribution in [3.8, 4) is 5.75 Å². The van der Waals surface area contributed by atoms with Crippen molar-refractivity contribution in [1.82, 2.24) is 9.62 Å². The molecule has 1 atom stereocenters. The number of nitrogens with zero attached hydrogens (tertiary/aromatic N) is 1. The fraction of sp³-hybridized carbons (Fsp3) is 0.409. The molecule has 0 saturated carbocycles. The number of hydrogen-bond acceptors (Lipinski definition) is 4. The van der Waals surface area contributed by atoms with Crippen LogP contribution in [0.25, 0.3) is 0 Å². The maximum Gasteiger partial charge on any atom is 0.253 e. The van der Waals surface area contributed by atoms with Gasteiger partial charge in [-0.05, 0) is 49.9 Å². The second kappa shape index (κ2) is 9.37. The molecular weight excluding hydrogens is 424 g/mol. The van der Waals surface area contributed by atoms with E-state index in [4.69, 9.17) is 16.3 Å². The molecule has 162 valence electrons. The van der Waals surface area contributed by atoms with Gasteiger partial charge < -0.3 is 10.1 Å². The van der Waals surface area contributed by atoms with E-state index in [0.29, 0.717) is 24.8 Å². The van der Waals surface area contributed by atoms with Crippen molar-refractivity contribution in [2.45, 2.75) is 37.6 Å².